The molecule has 4 N–H and O–H groups in total. The second-order valence-corrected chi connectivity index (χ2v) is 5.05. The second kappa shape index (κ2) is 7.04. The molecule has 0 saturated heterocycles. The highest BCUT2D eigenvalue weighted by atomic mass is 32.1. The van der Waals surface area contributed by atoms with Crippen molar-refractivity contribution in [2.24, 2.45) is 5.73 Å². The van der Waals surface area contributed by atoms with Crippen LogP contribution < -0.4 is 16.4 Å². The fraction of sp³-hybridized carbons (Fsp3) is 0.462. The first-order valence-electron chi connectivity index (χ1n) is 6.21. The van der Waals surface area contributed by atoms with Gasteiger partial charge in [0.2, 0.25) is 5.91 Å². The SMILES string of the molecule is Cc1ccc(C(N)=S)c(NCCC(=O)NC(C)C)n1. The van der Waals surface area contributed by atoms with Crippen LogP contribution in [0.5, 0.6) is 0 Å². The minimum Gasteiger partial charge on any atom is -0.389 e. The summed E-state index contributed by atoms with van der Waals surface area (Å²) in [6, 6.07) is 3.84. The molecule has 0 spiro atoms. The maximum Gasteiger partial charge on any atom is 0.221 e. The number of nitrogens with zero attached hydrogens (tertiary/aromatic N) is 1. The fourth-order valence-corrected chi connectivity index (χ4v) is 1.74. The molecule has 1 aromatic rings. The Balaban J connectivity index is 2.60. The number of carbonyl (C=O) groups is 1. The third kappa shape index (κ3) is 5.21. The molecule has 1 aromatic heterocycles. The number of aryl methyl sites for hydroxylation is 1. The van der Waals surface area contributed by atoms with E-state index in [0.717, 1.165) is 5.69 Å². The number of amides is 1. The molecule has 0 aliphatic carbocycles. The number of pyridine rings is 1. The standard InChI is InChI=1S/C13H20N4OS/c1-8(2)16-11(18)6-7-15-13-10(12(14)19)5-4-9(3)17-13/h4-5,8H,6-7H2,1-3H3,(H2,14,19)(H,15,17)(H,16,18). The number of hydrogen-bond acceptors (Lipinski definition) is 4. The third-order valence-corrected chi connectivity index (χ3v) is 2.61. The summed E-state index contributed by atoms with van der Waals surface area (Å²) < 4.78 is 0. The maximum absolute atomic E-state index is 11.5. The summed E-state index contributed by atoms with van der Waals surface area (Å²) in [6.45, 7) is 6.24. The van der Waals surface area contributed by atoms with E-state index < -0.39 is 0 Å². The first kappa shape index (κ1) is 15.4. The van der Waals surface area contributed by atoms with Crippen LogP contribution in [0.15, 0.2) is 12.1 Å². The van der Waals surface area contributed by atoms with E-state index in [-0.39, 0.29) is 11.9 Å². The third-order valence-electron chi connectivity index (χ3n) is 2.39. The Morgan fingerprint density at radius 2 is 2.16 bits per heavy atom. The van der Waals surface area contributed by atoms with Crippen molar-refractivity contribution >= 4 is 28.9 Å². The first-order chi connectivity index (χ1) is 8.90. The molecule has 1 rings (SSSR count). The largest absolute Gasteiger partial charge is 0.389 e. The minimum absolute atomic E-state index is 0.00651. The number of carbonyl (C=O) groups excluding carboxylic acids is 1. The molecule has 6 heteroatoms. The van der Waals surface area contributed by atoms with Crippen molar-refractivity contribution in [3.8, 4) is 0 Å². The zero-order valence-corrected chi connectivity index (χ0v) is 12.3. The lowest BCUT2D eigenvalue weighted by Gasteiger charge is -2.12. The van der Waals surface area contributed by atoms with Crippen molar-refractivity contribution in [1.29, 1.82) is 0 Å². The highest BCUT2D eigenvalue weighted by molar-refractivity contribution is 7.80. The van der Waals surface area contributed by atoms with Crippen LogP contribution in [0, 0.1) is 6.92 Å². The molecular weight excluding hydrogens is 260 g/mol. The van der Waals surface area contributed by atoms with Crippen LogP contribution in [0.2, 0.25) is 0 Å². The molecule has 0 bridgehead atoms. The summed E-state index contributed by atoms with van der Waals surface area (Å²) in [4.78, 5) is 16.1. The summed E-state index contributed by atoms with van der Waals surface area (Å²) in [5, 5.41) is 5.93. The fourth-order valence-electron chi connectivity index (χ4n) is 1.58. The Labute approximate surface area is 119 Å². The van der Waals surface area contributed by atoms with Gasteiger partial charge >= 0.3 is 0 Å². The minimum atomic E-state index is 0.00651. The van der Waals surface area contributed by atoms with Gasteiger partial charge in [0.05, 0.1) is 5.56 Å². The molecule has 0 aliphatic rings. The molecule has 1 amide bonds. The van der Waals surface area contributed by atoms with Gasteiger partial charge in [-0.25, -0.2) is 4.98 Å². The van der Waals surface area contributed by atoms with Gasteiger partial charge in [-0.1, -0.05) is 12.2 Å². The normalized spacial score (nSPS) is 10.3. The van der Waals surface area contributed by atoms with Crippen LogP contribution in [0.1, 0.15) is 31.5 Å². The maximum atomic E-state index is 11.5. The lowest BCUT2D eigenvalue weighted by Crippen LogP contribution is -2.31. The average molecular weight is 280 g/mol. The quantitative estimate of drug-likeness (QED) is 0.685. The van der Waals surface area contributed by atoms with Crippen LogP contribution in [-0.4, -0.2) is 28.5 Å². The number of thiocarbonyl (C=S) groups is 1. The number of rotatable bonds is 6. The Hall–Kier alpha value is -1.69. The summed E-state index contributed by atoms with van der Waals surface area (Å²) in [7, 11) is 0. The van der Waals surface area contributed by atoms with Crippen LogP contribution in [-0.2, 0) is 4.79 Å². The van der Waals surface area contributed by atoms with Crippen LogP contribution in [0.25, 0.3) is 0 Å². The van der Waals surface area contributed by atoms with Gasteiger partial charge in [-0.05, 0) is 32.9 Å². The summed E-state index contributed by atoms with van der Waals surface area (Å²) in [5.41, 5.74) is 7.20. The van der Waals surface area contributed by atoms with Gasteiger partial charge in [0, 0.05) is 24.7 Å². The Kier molecular flexibility index (Phi) is 5.69. The van der Waals surface area contributed by atoms with Crippen molar-refractivity contribution < 1.29 is 4.79 Å². The summed E-state index contributed by atoms with van der Waals surface area (Å²) in [5.74, 6) is 0.636. The number of aromatic nitrogens is 1. The summed E-state index contributed by atoms with van der Waals surface area (Å²) in [6.07, 6.45) is 0.380. The van der Waals surface area contributed by atoms with E-state index in [4.69, 9.17) is 18.0 Å². The van der Waals surface area contributed by atoms with E-state index >= 15 is 0 Å². The predicted molar refractivity (Wildman–Crippen MR) is 81.2 cm³/mol. The number of nitrogens with two attached hydrogens (primary N) is 1. The number of hydrogen-bond donors (Lipinski definition) is 3. The second-order valence-electron chi connectivity index (χ2n) is 4.61. The van der Waals surface area contributed by atoms with E-state index in [1.54, 1.807) is 0 Å². The molecule has 0 unspecified atom stereocenters. The molecule has 1 heterocycles. The molecule has 0 atom stereocenters. The van der Waals surface area contributed by atoms with Crippen LogP contribution in [0.4, 0.5) is 5.82 Å². The topological polar surface area (TPSA) is 80.0 Å². The highest BCUT2D eigenvalue weighted by Crippen LogP contribution is 2.13. The first-order valence-corrected chi connectivity index (χ1v) is 6.61. The van der Waals surface area contributed by atoms with Gasteiger partial charge in [-0.3, -0.25) is 4.79 Å². The van der Waals surface area contributed by atoms with E-state index in [1.165, 1.54) is 0 Å². The molecule has 0 saturated carbocycles. The average Bonchev–Trinajstić information content (AvgIpc) is 2.27. The highest BCUT2D eigenvalue weighted by Gasteiger charge is 2.08. The Morgan fingerprint density at radius 1 is 1.47 bits per heavy atom. The number of nitrogens with one attached hydrogen (secondary N) is 2. The van der Waals surface area contributed by atoms with Crippen LogP contribution in [0.3, 0.4) is 0 Å². The molecule has 0 radical (unpaired) electrons. The molecule has 104 valence electrons. The van der Waals surface area contributed by atoms with Gasteiger partial charge < -0.3 is 16.4 Å². The smallest absolute Gasteiger partial charge is 0.221 e. The van der Waals surface area contributed by atoms with E-state index in [9.17, 15) is 4.79 Å². The van der Waals surface area contributed by atoms with Crippen LogP contribution >= 0.6 is 12.2 Å². The lowest BCUT2D eigenvalue weighted by molar-refractivity contribution is -0.121. The van der Waals surface area contributed by atoms with E-state index in [1.807, 2.05) is 32.9 Å². The number of anilines is 1. The van der Waals surface area contributed by atoms with Gasteiger partial charge in [0.15, 0.2) is 0 Å². The Bertz CT molecular complexity index is 474. The van der Waals surface area contributed by atoms with Crippen molar-refractivity contribution in [3.63, 3.8) is 0 Å². The van der Waals surface area contributed by atoms with Gasteiger partial charge in [0.1, 0.15) is 10.8 Å². The monoisotopic (exact) mass is 280 g/mol. The molecule has 0 aromatic carbocycles. The molecule has 19 heavy (non-hydrogen) atoms. The van der Waals surface area contributed by atoms with Crippen molar-refractivity contribution in [3.05, 3.63) is 23.4 Å². The molecule has 5 nitrogen and oxygen atoms in total. The van der Waals surface area contributed by atoms with Gasteiger partial charge in [-0.2, -0.15) is 0 Å². The van der Waals surface area contributed by atoms with Gasteiger partial charge in [0.25, 0.3) is 0 Å². The predicted octanol–water partition coefficient (Wildman–Crippen LogP) is 1.35. The zero-order chi connectivity index (χ0) is 14.4. The van der Waals surface area contributed by atoms with Gasteiger partial charge in [-0.15, -0.1) is 0 Å². The van der Waals surface area contributed by atoms with Crippen molar-refractivity contribution in [2.45, 2.75) is 33.2 Å². The summed E-state index contributed by atoms with van der Waals surface area (Å²) >= 11 is 4.97. The van der Waals surface area contributed by atoms with E-state index in [0.29, 0.717) is 29.3 Å². The lowest BCUT2D eigenvalue weighted by atomic mass is 10.2. The molecule has 0 aliphatic heterocycles. The van der Waals surface area contributed by atoms with Crippen molar-refractivity contribution in [1.82, 2.24) is 10.3 Å². The van der Waals surface area contributed by atoms with Crippen molar-refractivity contribution in [2.75, 3.05) is 11.9 Å². The Morgan fingerprint density at radius 3 is 2.74 bits per heavy atom. The zero-order valence-electron chi connectivity index (χ0n) is 11.5. The molecular formula is C13H20N4OS. The van der Waals surface area contributed by atoms with E-state index in [2.05, 4.69) is 15.6 Å². The molecule has 0 fully saturated rings.